The molecule has 0 rings (SSSR count). The number of ether oxygens (including phenoxy) is 1. The zero-order chi connectivity index (χ0) is 21.4. The summed E-state index contributed by atoms with van der Waals surface area (Å²) in [6, 6.07) is 0. The Morgan fingerprint density at radius 1 is 1.22 bits per heavy atom. The van der Waals surface area contributed by atoms with Crippen molar-refractivity contribution in [2.45, 2.75) is 77.1 Å². The minimum absolute atomic E-state index is 0.00891. The van der Waals surface area contributed by atoms with Crippen molar-refractivity contribution in [3.63, 3.8) is 0 Å². The first-order valence-corrected chi connectivity index (χ1v) is 11.9. The Balaban J connectivity index is 5.49. The molecule has 3 atom stereocenters. The van der Waals surface area contributed by atoms with Gasteiger partial charge in [-0.15, -0.1) is 6.58 Å². The van der Waals surface area contributed by atoms with Crippen molar-refractivity contribution in [2.24, 2.45) is 5.41 Å². The van der Waals surface area contributed by atoms with Gasteiger partial charge in [0.2, 0.25) is 0 Å². The molecule has 0 bridgehead atoms. The maximum absolute atomic E-state index is 12.4. The van der Waals surface area contributed by atoms with E-state index < -0.39 is 32.9 Å². The van der Waals surface area contributed by atoms with Crippen LogP contribution in [-0.2, 0) is 19.6 Å². The van der Waals surface area contributed by atoms with Crippen molar-refractivity contribution in [2.75, 3.05) is 18.1 Å². The van der Waals surface area contributed by atoms with E-state index in [1.807, 2.05) is 26.8 Å². The molecule has 0 heterocycles. The molecule has 27 heavy (non-hydrogen) atoms. The highest BCUT2D eigenvalue weighted by atomic mass is 32.2. The minimum atomic E-state index is -4.10. The molecular weight excluding hydrogens is 388 g/mol. The lowest BCUT2D eigenvalue weighted by atomic mass is 9.68. The Morgan fingerprint density at radius 2 is 1.81 bits per heavy atom. The van der Waals surface area contributed by atoms with Crippen LogP contribution in [0, 0.1) is 5.41 Å². The zero-order valence-corrected chi connectivity index (χ0v) is 18.9. The number of thioether (sulfide) groups is 1. The van der Waals surface area contributed by atoms with E-state index in [9.17, 15) is 18.3 Å². The monoisotopic (exact) mass is 424 g/mol. The summed E-state index contributed by atoms with van der Waals surface area (Å²) in [4.78, 5) is 12.4. The Labute approximate surface area is 168 Å². The highest BCUT2D eigenvalue weighted by Gasteiger charge is 2.48. The average molecular weight is 425 g/mol. The second-order valence-corrected chi connectivity index (χ2v) is 10.9. The fraction of sp³-hybridized carbons (Fsp3) is 0.842. The number of rotatable bonds is 14. The van der Waals surface area contributed by atoms with Gasteiger partial charge >= 0.3 is 5.97 Å². The van der Waals surface area contributed by atoms with Crippen LogP contribution in [0.25, 0.3) is 0 Å². The molecule has 0 aliphatic rings. The summed E-state index contributed by atoms with van der Waals surface area (Å²) >= 11 is 1.65. The first-order valence-electron chi connectivity index (χ1n) is 9.35. The molecule has 8 heteroatoms. The number of carbonyl (C=O) groups is 1. The predicted octanol–water partition coefficient (Wildman–Crippen LogP) is 3.84. The molecule has 0 aliphatic heterocycles. The molecule has 0 saturated carbocycles. The van der Waals surface area contributed by atoms with Gasteiger partial charge in [-0.2, -0.15) is 20.2 Å². The minimum Gasteiger partial charge on any atom is -0.458 e. The Hall–Kier alpha value is -0.570. The average Bonchev–Trinajstić information content (AvgIpc) is 2.57. The van der Waals surface area contributed by atoms with E-state index in [0.29, 0.717) is 12.2 Å². The predicted molar refractivity (Wildman–Crippen MR) is 112 cm³/mol. The third-order valence-corrected chi connectivity index (χ3v) is 7.84. The normalized spacial score (nSPS) is 18.8. The van der Waals surface area contributed by atoms with Crippen LogP contribution in [0.3, 0.4) is 0 Å². The molecule has 0 radical (unpaired) electrons. The van der Waals surface area contributed by atoms with Crippen molar-refractivity contribution in [1.29, 1.82) is 0 Å². The first-order chi connectivity index (χ1) is 12.3. The molecule has 0 aromatic rings. The van der Waals surface area contributed by atoms with E-state index in [0.717, 1.165) is 12.8 Å². The summed E-state index contributed by atoms with van der Waals surface area (Å²) in [6.07, 6.45) is 3.86. The molecule has 0 amide bonds. The van der Waals surface area contributed by atoms with E-state index in [1.54, 1.807) is 11.8 Å². The molecular formula is C19H36O6S2. The van der Waals surface area contributed by atoms with Gasteiger partial charge < -0.3 is 9.84 Å². The van der Waals surface area contributed by atoms with Crippen LogP contribution < -0.4 is 0 Å². The second kappa shape index (κ2) is 10.8. The molecule has 0 aromatic heterocycles. The van der Waals surface area contributed by atoms with Gasteiger partial charge in [0.15, 0.2) is 0 Å². The summed E-state index contributed by atoms with van der Waals surface area (Å²) in [6.45, 7) is 14.1. The third kappa shape index (κ3) is 8.54. The Kier molecular flexibility index (Phi) is 10.6. The number of aliphatic hydroxyl groups excluding tert-OH is 1. The number of hydrogen-bond acceptors (Lipinski definition) is 6. The maximum Gasteiger partial charge on any atom is 0.306 e. The standard InChI is InChI=1S/C19H36O6S2/c1-7-17(4,8-2)19(6,15-18(5,9-3)26-13-12-20)25-16(21)11-10-14-27(22,23)24/h7,20H,1,8-15H2,2-6H3,(H,22,23,24). The highest BCUT2D eigenvalue weighted by molar-refractivity contribution is 8.00. The topological polar surface area (TPSA) is 101 Å². The summed E-state index contributed by atoms with van der Waals surface area (Å²) in [5, 5.41) is 9.19. The number of aliphatic hydroxyl groups is 1. The zero-order valence-electron chi connectivity index (χ0n) is 17.3. The van der Waals surface area contributed by atoms with E-state index in [2.05, 4.69) is 20.4 Å². The molecule has 0 aliphatic carbocycles. The lowest BCUT2D eigenvalue weighted by molar-refractivity contribution is -0.171. The lowest BCUT2D eigenvalue weighted by Crippen LogP contribution is -2.50. The van der Waals surface area contributed by atoms with E-state index >= 15 is 0 Å². The first kappa shape index (κ1) is 26.4. The van der Waals surface area contributed by atoms with Gasteiger partial charge in [-0.05, 0) is 26.2 Å². The third-order valence-electron chi connectivity index (χ3n) is 5.52. The summed E-state index contributed by atoms with van der Waals surface area (Å²) < 4.78 is 36.2. The van der Waals surface area contributed by atoms with Gasteiger partial charge in [0.05, 0.1) is 12.4 Å². The van der Waals surface area contributed by atoms with E-state index in [4.69, 9.17) is 9.29 Å². The van der Waals surface area contributed by atoms with Crippen LogP contribution in [0.15, 0.2) is 12.7 Å². The van der Waals surface area contributed by atoms with Crippen LogP contribution in [0.1, 0.15) is 66.7 Å². The van der Waals surface area contributed by atoms with Gasteiger partial charge in [-0.1, -0.05) is 33.8 Å². The lowest BCUT2D eigenvalue weighted by Gasteiger charge is -2.48. The summed E-state index contributed by atoms with van der Waals surface area (Å²) in [7, 11) is -4.10. The van der Waals surface area contributed by atoms with Crippen molar-refractivity contribution in [3.8, 4) is 0 Å². The smallest absolute Gasteiger partial charge is 0.306 e. The van der Waals surface area contributed by atoms with Gasteiger partial charge in [0.1, 0.15) is 5.60 Å². The Bertz CT molecular complexity index is 591. The fourth-order valence-electron chi connectivity index (χ4n) is 3.07. The van der Waals surface area contributed by atoms with Gasteiger partial charge in [0.25, 0.3) is 10.1 Å². The molecule has 2 N–H and O–H groups in total. The van der Waals surface area contributed by atoms with Gasteiger partial charge in [-0.3, -0.25) is 9.35 Å². The van der Waals surface area contributed by atoms with Crippen LogP contribution in [0.2, 0.25) is 0 Å². The summed E-state index contributed by atoms with van der Waals surface area (Å²) in [5.74, 6) is -0.363. The number of carbonyl (C=O) groups excluding carboxylic acids is 1. The van der Waals surface area contributed by atoms with Crippen molar-refractivity contribution in [3.05, 3.63) is 12.7 Å². The van der Waals surface area contributed by atoms with Crippen molar-refractivity contribution in [1.82, 2.24) is 0 Å². The van der Waals surface area contributed by atoms with Gasteiger partial charge in [-0.25, -0.2) is 0 Å². The molecule has 0 aromatic carbocycles. The molecule has 160 valence electrons. The molecule has 0 spiro atoms. The second-order valence-electron chi connectivity index (χ2n) is 7.62. The van der Waals surface area contributed by atoms with Crippen LogP contribution >= 0.6 is 11.8 Å². The van der Waals surface area contributed by atoms with Crippen LogP contribution in [0.5, 0.6) is 0 Å². The SMILES string of the molecule is C=CC(C)(CC)C(C)(CC(C)(CC)SCCO)OC(=O)CCCS(=O)(=O)O. The summed E-state index contributed by atoms with van der Waals surface area (Å²) in [5.41, 5.74) is -1.31. The van der Waals surface area contributed by atoms with E-state index in [1.165, 1.54) is 0 Å². The molecule has 6 nitrogen and oxygen atoms in total. The fourth-order valence-corrected chi connectivity index (χ4v) is 4.75. The Morgan fingerprint density at radius 3 is 2.22 bits per heavy atom. The van der Waals surface area contributed by atoms with E-state index in [-0.39, 0.29) is 24.2 Å². The molecule has 0 saturated heterocycles. The van der Waals surface area contributed by atoms with Crippen LogP contribution in [0.4, 0.5) is 0 Å². The van der Waals surface area contributed by atoms with Crippen LogP contribution in [-0.4, -0.2) is 52.5 Å². The maximum atomic E-state index is 12.4. The van der Waals surface area contributed by atoms with Crippen molar-refractivity contribution < 1.29 is 27.6 Å². The largest absolute Gasteiger partial charge is 0.458 e. The number of esters is 1. The van der Waals surface area contributed by atoms with Gasteiger partial charge in [0, 0.05) is 28.8 Å². The van der Waals surface area contributed by atoms with Crippen molar-refractivity contribution >= 4 is 27.8 Å². The molecule has 3 unspecified atom stereocenters. The highest BCUT2D eigenvalue weighted by Crippen LogP contribution is 2.48. The quantitative estimate of drug-likeness (QED) is 0.248. The number of hydrogen-bond donors (Lipinski definition) is 2. The molecule has 0 fully saturated rings.